The van der Waals surface area contributed by atoms with E-state index in [1.807, 2.05) is 0 Å². The van der Waals surface area contributed by atoms with Gasteiger partial charge >= 0.3 is 5.97 Å². The molecule has 0 fully saturated rings. The summed E-state index contributed by atoms with van der Waals surface area (Å²) in [4.78, 5) is 49.5. The lowest BCUT2D eigenvalue weighted by Gasteiger charge is -2.16. The molecule has 1 atom stereocenters. The Balaban J connectivity index is 1.50. The van der Waals surface area contributed by atoms with Gasteiger partial charge in [-0.2, -0.15) is 0 Å². The van der Waals surface area contributed by atoms with Gasteiger partial charge in [0.05, 0.1) is 18.2 Å². The molecule has 3 rings (SSSR count). The van der Waals surface area contributed by atoms with E-state index >= 15 is 0 Å². The highest BCUT2D eigenvalue weighted by Gasteiger charge is 2.36. The highest BCUT2D eigenvalue weighted by Crippen LogP contribution is 2.22. The van der Waals surface area contributed by atoms with Crippen molar-refractivity contribution in [2.24, 2.45) is 0 Å². The third-order valence-corrected chi connectivity index (χ3v) is 4.47. The van der Waals surface area contributed by atoms with Gasteiger partial charge in [0, 0.05) is 6.08 Å². The first-order valence-electron chi connectivity index (χ1n) is 9.15. The Labute approximate surface area is 173 Å². The van der Waals surface area contributed by atoms with Gasteiger partial charge in [0.2, 0.25) is 5.91 Å². The molecule has 0 unspecified atom stereocenters. The number of carbonyl (C=O) groups excluding carboxylic acids is 4. The second-order valence-electron chi connectivity index (χ2n) is 6.51. The van der Waals surface area contributed by atoms with Crippen molar-refractivity contribution >= 4 is 29.8 Å². The predicted octanol–water partition coefficient (Wildman–Crippen LogP) is 2.01. The first kappa shape index (κ1) is 20.8. The molecule has 0 aliphatic carbocycles. The van der Waals surface area contributed by atoms with Gasteiger partial charge in [0.25, 0.3) is 11.8 Å². The van der Waals surface area contributed by atoms with Crippen LogP contribution in [-0.4, -0.2) is 48.5 Å². The van der Waals surface area contributed by atoms with Gasteiger partial charge in [-0.25, -0.2) is 9.69 Å². The molecule has 154 valence electrons. The SMILES string of the molecule is COc1ccc(/C=C/C(=O)N[C@@H](C)C(=O)OCN2C(=O)c3ccccc3C2=O)cc1. The van der Waals surface area contributed by atoms with E-state index in [4.69, 9.17) is 9.47 Å². The van der Waals surface area contributed by atoms with Crippen LogP contribution in [0.1, 0.15) is 33.2 Å². The number of hydrogen-bond donors (Lipinski definition) is 1. The number of nitrogens with zero attached hydrogens (tertiary/aromatic N) is 1. The van der Waals surface area contributed by atoms with E-state index in [1.165, 1.54) is 25.1 Å². The quantitative estimate of drug-likeness (QED) is 0.427. The minimum atomic E-state index is -0.965. The summed E-state index contributed by atoms with van der Waals surface area (Å²) in [5.41, 5.74) is 1.32. The number of carbonyl (C=O) groups is 4. The molecule has 0 saturated heterocycles. The molecule has 1 aliphatic rings. The second kappa shape index (κ2) is 9.04. The van der Waals surface area contributed by atoms with Crippen molar-refractivity contribution < 1.29 is 28.7 Å². The van der Waals surface area contributed by atoms with Crippen LogP contribution in [-0.2, 0) is 14.3 Å². The lowest BCUT2D eigenvalue weighted by atomic mass is 10.1. The molecule has 1 aliphatic heterocycles. The fraction of sp³-hybridized carbons (Fsp3) is 0.182. The van der Waals surface area contributed by atoms with Gasteiger partial charge in [-0.1, -0.05) is 24.3 Å². The predicted molar refractivity (Wildman–Crippen MR) is 108 cm³/mol. The fourth-order valence-corrected chi connectivity index (χ4v) is 2.82. The molecule has 0 radical (unpaired) electrons. The smallest absolute Gasteiger partial charge is 0.330 e. The van der Waals surface area contributed by atoms with Crippen molar-refractivity contribution in [1.29, 1.82) is 0 Å². The van der Waals surface area contributed by atoms with E-state index < -0.39 is 36.5 Å². The number of hydrogen-bond acceptors (Lipinski definition) is 6. The molecule has 3 amide bonds. The number of benzene rings is 2. The first-order chi connectivity index (χ1) is 14.4. The highest BCUT2D eigenvalue weighted by molar-refractivity contribution is 6.21. The van der Waals surface area contributed by atoms with Crippen molar-refractivity contribution in [2.45, 2.75) is 13.0 Å². The van der Waals surface area contributed by atoms with Gasteiger partial charge in [0.15, 0.2) is 6.73 Å². The molecule has 2 aromatic rings. The van der Waals surface area contributed by atoms with E-state index in [0.29, 0.717) is 5.75 Å². The Kier molecular flexibility index (Phi) is 6.26. The molecular weight excluding hydrogens is 388 g/mol. The van der Waals surface area contributed by atoms with E-state index in [0.717, 1.165) is 10.5 Å². The third kappa shape index (κ3) is 4.54. The van der Waals surface area contributed by atoms with Gasteiger partial charge in [-0.3, -0.25) is 14.4 Å². The summed E-state index contributed by atoms with van der Waals surface area (Å²) in [6.45, 7) is 0.927. The zero-order chi connectivity index (χ0) is 21.7. The maximum absolute atomic E-state index is 12.3. The summed E-state index contributed by atoms with van der Waals surface area (Å²) in [6.07, 6.45) is 2.88. The molecule has 0 aromatic heterocycles. The summed E-state index contributed by atoms with van der Waals surface area (Å²) in [6, 6.07) is 12.5. The van der Waals surface area contributed by atoms with Crippen molar-refractivity contribution in [3.05, 3.63) is 71.3 Å². The molecule has 8 nitrogen and oxygen atoms in total. The van der Waals surface area contributed by atoms with Crippen molar-refractivity contribution in [2.75, 3.05) is 13.8 Å². The topological polar surface area (TPSA) is 102 Å². The summed E-state index contributed by atoms with van der Waals surface area (Å²) in [5.74, 6) is -1.61. The number of nitrogens with one attached hydrogen (secondary N) is 1. The first-order valence-corrected chi connectivity index (χ1v) is 9.15. The molecular formula is C22H20N2O6. The van der Waals surface area contributed by atoms with Crippen LogP contribution in [0.5, 0.6) is 5.75 Å². The summed E-state index contributed by atoms with van der Waals surface area (Å²) < 4.78 is 10.1. The molecule has 30 heavy (non-hydrogen) atoms. The van der Waals surface area contributed by atoms with E-state index in [2.05, 4.69) is 5.32 Å². The third-order valence-electron chi connectivity index (χ3n) is 4.47. The molecule has 0 saturated carbocycles. The zero-order valence-corrected chi connectivity index (χ0v) is 16.5. The van der Waals surface area contributed by atoms with Crippen molar-refractivity contribution in [3.8, 4) is 5.75 Å². The van der Waals surface area contributed by atoms with Gasteiger partial charge in [0.1, 0.15) is 11.8 Å². The summed E-state index contributed by atoms with van der Waals surface area (Å²) >= 11 is 0. The highest BCUT2D eigenvalue weighted by atomic mass is 16.5. The van der Waals surface area contributed by atoms with Crippen LogP contribution in [0.15, 0.2) is 54.6 Å². The maximum Gasteiger partial charge on any atom is 0.330 e. The van der Waals surface area contributed by atoms with Crippen molar-refractivity contribution in [3.63, 3.8) is 0 Å². The number of methoxy groups -OCH3 is 1. The van der Waals surface area contributed by atoms with Crippen LogP contribution in [0.2, 0.25) is 0 Å². The standard InChI is InChI=1S/C22H20N2O6/c1-14(23-19(25)12-9-15-7-10-16(29-2)11-8-15)22(28)30-13-24-20(26)17-5-3-4-6-18(17)21(24)27/h3-12,14H,13H2,1-2H3,(H,23,25)/b12-9+/t14-/m0/s1. The fourth-order valence-electron chi connectivity index (χ4n) is 2.82. The summed E-state index contributed by atoms with van der Waals surface area (Å²) in [7, 11) is 1.56. The molecule has 1 N–H and O–H groups in total. The van der Waals surface area contributed by atoms with Crippen LogP contribution in [0.3, 0.4) is 0 Å². The number of imide groups is 1. The average Bonchev–Trinajstić information content (AvgIpc) is 3.01. The number of rotatable bonds is 7. The second-order valence-corrected chi connectivity index (χ2v) is 6.51. The molecule has 8 heteroatoms. The van der Waals surface area contributed by atoms with Crippen LogP contribution in [0.25, 0.3) is 6.08 Å². The Hall–Kier alpha value is -3.94. The molecule has 1 heterocycles. The van der Waals surface area contributed by atoms with Gasteiger partial charge in [-0.05, 0) is 42.8 Å². The lowest BCUT2D eigenvalue weighted by Crippen LogP contribution is -2.41. The van der Waals surface area contributed by atoms with E-state index in [-0.39, 0.29) is 11.1 Å². The molecule has 0 bridgehead atoms. The number of ether oxygens (including phenoxy) is 2. The largest absolute Gasteiger partial charge is 0.497 e. The van der Waals surface area contributed by atoms with Crippen LogP contribution in [0, 0.1) is 0 Å². The van der Waals surface area contributed by atoms with Crippen molar-refractivity contribution in [1.82, 2.24) is 10.2 Å². The minimum Gasteiger partial charge on any atom is -0.497 e. The van der Waals surface area contributed by atoms with Crippen LogP contribution >= 0.6 is 0 Å². The zero-order valence-electron chi connectivity index (χ0n) is 16.5. The van der Waals surface area contributed by atoms with Gasteiger partial charge < -0.3 is 14.8 Å². The maximum atomic E-state index is 12.3. The lowest BCUT2D eigenvalue weighted by molar-refractivity contribution is -0.149. The monoisotopic (exact) mass is 408 g/mol. The number of fused-ring (bicyclic) bond motifs is 1. The van der Waals surface area contributed by atoms with Crippen LogP contribution in [0.4, 0.5) is 0 Å². The Bertz CT molecular complexity index is 978. The average molecular weight is 408 g/mol. The number of amides is 3. The normalized spacial score (nSPS) is 13.9. The minimum absolute atomic E-state index is 0.267. The van der Waals surface area contributed by atoms with E-state index in [1.54, 1.807) is 49.6 Å². The van der Waals surface area contributed by atoms with Crippen LogP contribution < -0.4 is 10.1 Å². The molecule has 2 aromatic carbocycles. The Morgan fingerprint density at radius 2 is 1.63 bits per heavy atom. The van der Waals surface area contributed by atoms with Gasteiger partial charge in [-0.15, -0.1) is 0 Å². The summed E-state index contributed by atoms with van der Waals surface area (Å²) in [5, 5.41) is 2.47. The van der Waals surface area contributed by atoms with E-state index in [9.17, 15) is 19.2 Å². The Morgan fingerprint density at radius 1 is 1.03 bits per heavy atom. The molecule has 0 spiro atoms. The number of esters is 1. The Morgan fingerprint density at radius 3 is 2.20 bits per heavy atom.